The monoisotopic (exact) mass is 301 g/mol. The molecule has 1 amide bonds. The van der Waals surface area contributed by atoms with Crippen LogP contribution in [0.3, 0.4) is 0 Å². The zero-order valence-corrected chi connectivity index (χ0v) is 9.88. The third kappa shape index (κ3) is 2.50. The Morgan fingerprint density at radius 3 is 2.76 bits per heavy atom. The van der Waals surface area contributed by atoms with E-state index in [1.807, 2.05) is 0 Å². The van der Waals surface area contributed by atoms with Crippen LogP contribution in [0.15, 0.2) is 29.0 Å². The Balaban J connectivity index is 2.25. The van der Waals surface area contributed by atoms with Crippen LogP contribution in [0.1, 0.15) is 10.4 Å². The summed E-state index contributed by atoms with van der Waals surface area (Å²) in [5.41, 5.74) is 0.00428. The minimum atomic E-state index is -0.727. The Bertz CT molecular complexity index is 557. The van der Waals surface area contributed by atoms with Crippen LogP contribution in [-0.2, 0) is 0 Å². The molecule has 2 aromatic rings. The van der Waals surface area contributed by atoms with E-state index in [2.05, 4.69) is 31.4 Å². The fraction of sp³-hybridized carbons (Fsp3) is 0. The topological polar surface area (TPSA) is 57.8 Å². The lowest BCUT2D eigenvalue weighted by molar-refractivity contribution is 0.102. The minimum absolute atomic E-state index is 0.00342. The molecular weight excluding hydrogens is 296 g/mol. The van der Waals surface area contributed by atoms with E-state index in [9.17, 15) is 13.6 Å². The number of rotatable bonds is 2. The highest BCUT2D eigenvalue weighted by Gasteiger charge is 2.12. The SMILES string of the molecule is O=C(Nc1cc(F)c(Br)cc1F)c1cn[nH]c1. The number of benzene rings is 1. The van der Waals surface area contributed by atoms with Crippen molar-refractivity contribution >= 4 is 27.5 Å². The number of aromatic amines is 1. The van der Waals surface area contributed by atoms with E-state index in [0.717, 1.165) is 12.1 Å². The van der Waals surface area contributed by atoms with Crippen LogP contribution < -0.4 is 5.32 Å². The molecule has 0 fully saturated rings. The first kappa shape index (κ1) is 11.7. The molecule has 0 aliphatic heterocycles. The normalized spacial score (nSPS) is 10.3. The lowest BCUT2D eigenvalue weighted by Crippen LogP contribution is -2.12. The Hall–Kier alpha value is -1.76. The summed E-state index contributed by atoms with van der Waals surface area (Å²) in [6, 6.07) is 1.84. The number of hydrogen-bond acceptors (Lipinski definition) is 2. The molecule has 0 saturated heterocycles. The van der Waals surface area contributed by atoms with Crippen molar-refractivity contribution in [2.45, 2.75) is 0 Å². The first-order valence-corrected chi connectivity index (χ1v) is 5.32. The van der Waals surface area contributed by atoms with Crippen molar-refractivity contribution in [3.8, 4) is 0 Å². The predicted molar refractivity (Wildman–Crippen MR) is 60.6 cm³/mol. The Kier molecular flexibility index (Phi) is 3.19. The molecule has 1 aromatic carbocycles. The highest BCUT2D eigenvalue weighted by Crippen LogP contribution is 2.23. The predicted octanol–water partition coefficient (Wildman–Crippen LogP) is 2.70. The van der Waals surface area contributed by atoms with Crippen LogP contribution in [0.25, 0.3) is 0 Å². The molecule has 88 valence electrons. The number of anilines is 1. The molecule has 0 unspecified atom stereocenters. The lowest BCUT2D eigenvalue weighted by Gasteiger charge is -2.06. The van der Waals surface area contributed by atoms with Crippen LogP contribution in [0.2, 0.25) is 0 Å². The van der Waals surface area contributed by atoms with Crippen molar-refractivity contribution in [3.05, 3.63) is 46.2 Å². The highest BCUT2D eigenvalue weighted by molar-refractivity contribution is 9.10. The highest BCUT2D eigenvalue weighted by atomic mass is 79.9. The smallest absolute Gasteiger partial charge is 0.258 e. The number of aromatic nitrogens is 2. The Morgan fingerprint density at radius 2 is 2.12 bits per heavy atom. The summed E-state index contributed by atoms with van der Waals surface area (Å²) in [6.45, 7) is 0. The summed E-state index contributed by atoms with van der Waals surface area (Å²) in [7, 11) is 0. The number of H-pyrrole nitrogens is 1. The van der Waals surface area contributed by atoms with Crippen LogP contribution >= 0.6 is 15.9 Å². The van der Waals surface area contributed by atoms with Gasteiger partial charge < -0.3 is 5.32 Å². The molecule has 0 bridgehead atoms. The van der Waals surface area contributed by atoms with Crippen molar-refractivity contribution in [2.24, 2.45) is 0 Å². The second kappa shape index (κ2) is 4.62. The maximum Gasteiger partial charge on any atom is 0.258 e. The molecule has 2 rings (SSSR count). The van der Waals surface area contributed by atoms with Crippen LogP contribution in [0.4, 0.5) is 14.5 Å². The number of halogens is 3. The fourth-order valence-corrected chi connectivity index (χ4v) is 1.50. The van der Waals surface area contributed by atoms with Gasteiger partial charge >= 0.3 is 0 Å². The van der Waals surface area contributed by atoms with Gasteiger partial charge in [0.2, 0.25) is 0 Å². The number of carbonyl (C=O) groups is 1. The molecule has 1 aromatic heterocycles. The van der Waals surface area contributed by atoms with Gasteiger partial charge in [0.15, 0.2) is 0 Å². The summed E-state index contributed by atoms with van der Waals surface area (Å²) in [4.78, 5) is 11.6. The Labute approximate surface area is 103 Å². The number of carbonyl (C=O) groups excluding carboxylic acids is 1. The summed E-state index contributed by atoms with van der Waals surface area (Å²) in [5.74, 6) is -1.96. The number of nitrogens with zero attached hydrogens (tertiary/aromatic N) is 1. The van der Waals surface area contributed by atoms with Crippen LogP contribution in [-0.4, -0.2) is 16.1 Å². The summed E-state index contributed by atoms with van der Waals surface area (Å²) in [6.07, 6.45) is 2.63. The first-order chi connectivity index (χ1) is 8.08. The first-order valence-electron chi connectivity index (χ1n) is 4.52. The van der Waals surface area contributed by atoms with E-state index in [4.69, 9.17) is 0 Å². The maximum atomic E-state index is 13.4. The van der Waals surface area contributed by atoms with E-state index in [1.165, 1.54) is 12.4 Å². The third-order valence-corrected chi connectivity index (χ3v) is 2.63. The second-order valence-corrected chi connectivity index (χ2v) is 4.04. The molecule has 7 heteroatoms. The maximum absolute atomic E-state index is 13.4. The fourth-order valence-electron chi connectivity index (χ4n) is 1.19. The summed E-state index contributed by atoms with van der Waals surface area (Å²) in [5, 5.41) is 8.27. The zero-order valence-electron chi connectivity index (χ0n) is 8.30. The molecule has 0 spiro atoms. The largest absolute Gasteiger partial charge is 0.319 e. The Morgan fingerprint density at radius 1 is 1.35 bits per heavy atom. The minimum Gasteiger partial charge on any atom is -0.319 e. The average Bonchev–Trinajstić information content (AvgIpc) is 2.79. The number of nitrogens with one attached hydrogen (secondary N) is 2. The molecule has 2 N–H and O–H groups in total. The van der Waals surface area contributed by atoms with Crippen molar-refractivity contribution < 1.29 is 13.6 Å². The van der Waals surface area contributed by atoms with Gasteiger partial charge in [-0.05, 0) is 22.0 Å². The zero-order chi connectivity index (χ0) is 12.4. The molecular formula is C10H6BrF2N3O. The van der Waals surface area contributed by atoms with E-state index >= 15 is 0 Å². The average molecular weight is 302 g/mol. The van der Waals surface area contributed by atoms with Crippen molar-refractivity contribution in [2.75, 3.05) is 5.32 Å². The van der Waals surface area contributed by atoms with Gasteiger partial charge in [-0.2, -0.15) is 5.10 Å². The van der Waals surface area contributed by atoms with Gasteiger partial charge in [0, 0.05) is 12.3 Å². The summed E-state index contributed by atoms with van der Waals surface area (Å²) >= 11 is 2.84. The van der Waals surface area contributed by atoms with E-state index in [-0.39, 0.29) is 15.7 Å². The molecule has 0 atom stereocenters. The van der Waals surface area contributed by atoms with Gasteiger partial charge in [-0.1, -0.05) is 0 Å². The molecule has 17 heavy (non-hydrogen) atoms. The second-order valence-electron chi connectivity index (χ2n) is 3.19. The molecule has 0 saturated carbocycles. The van der Waals surface area contributed by atoms with E-state index < -0.39 is 17.5 Å². The van der Waals surface area contributed by atoms with Gasteiger partial charge in [0.1, 0.15) is 11.6 Å². The summed E-state index contributed by atoms with van der Waals surface area (Å²) < 4.78 is 26.6. The van der Waals surface area contributed by atoms with Gasteiger partial charge in [-0.15, -0.1) is 0 Å². The van der Waals surface area contributed by atoms with Crippen LogP contribution in [0, 0.1) is 11.6 Å². The molecule has 1 heterocycles. The van der Waals surface area contributed by atoms with Crippen molar-refractivity contribution in [1.82, 2.24) is 10.2 Å². The quantitative estimate of drug-likeness (QED) is 0.838. The van der Waals surface area contributed by atoms with Crippen molar-refractivity contribution in [1.29, 1.82) is 0 Å². The van der Waals surface area contributed by atoms with Gasteiger partial charge in [0.05, 0.1) is 21.9 Å². The van der Waals surface area contributed by atoms with Gasteiger partial charge in [-0.25, -0.2) is 8.78 Å². The number of hydrogen-bond donors (Lipinski definition) is 2. The third-order valence-electron chi connectivity index (χ3n) is 2.02. The van der Waals surface area contributed by atoms with E-state index in [1.54, 1.807) is 0 Å². The van der Waals surface area contributed by atoms with Crippen LogP contribution in [0.5, 0.6) is 0 Å². The molecule has 4 nitrogen and oxygen atoms in total. The number of amides is 1. The van der Waals surface area contributed by atoms with Crippen molar-refractivity contribution in [3.63, 3.8) is 0 Å². The molecule has 0 aliphatic rings. The van der Waals surface area contributed by atoms with Gasteiger partial charge in [0.25, 0.3) is 5.91 Å². The molecule has 0 aliphatic carbocycles. The van der Waals surface area contributed by atoms with E-state index in [0.29, 0.717) is 0 Å². The standard InChI is InChI=1S/C10H6BrF2N3O/c11-6-1-8(13)9(2-7(6)12)16-10(17)5-3-14-15-4-5/h1-4H,(H,14,15)(H,16,17). The van der Waals surface area contributed by atoms with Gasteiger partial charge in [-0.3, -0.25) is 9.89 Å². The molecule has 0 radical (unpaired) electrons. The lowest BCUT2D eigenvalue weighted by atomic mass is 10.2.